The maximum atomic E-state index is 12.4. The summed E-state index contributed by atoms with van der Waals surface area (Å²) in [6.45, 7) is 2.32. The fraction of sp³-hybridized carbons (Fsp3) is 0.211. The lowest BCUT2D eigenvalue weighted by molar-refractivity contribution is 0.0943. The smallest absolute Gasteiger partial charge is 0.253 e. The Morgan fingerprint density at radius 1 is 1.13 bits per heavy atom. The van der Waals surface area contributed by atoms with Gasteiger partial charge >= 0.3 is 0 Å². The monoisotopic (exact) mass is 308 g/mol. The van der Waals surface area contributed by atoms with Crippen molar-refractivity contribution in [3.05, 3.63) is 71.4 Å². The van der Waals surface area contributed by atoms with E-state index in [9.17, 15) is 9.90 Å². The van der Waals surface area contributed by atoms with Gasteiger partial charge < -0.3 is 15.4 Å². The van der Waals surface area contributed by atoms with Crippen LogP contribution in [0, 0.1) is 6.92 Å². The van der Waals surface area contributed by atoms with Crippen LogP contribution < -0.4 is 5.32 Å². The maximum Gasteiger partial charge on any atom is 0.253 e. The number of aromatic amines is 1. The predicted molar refractivity (Wildman–Crippen MR) is 91.4 cm³/mol. The van der Waals surface area contributed by atoms with Gasteiger partial charge in [0.25, 0.3) is 5.91 Å². The average molecular weight is 308 g/mol. The Labute approximate surface area is 135 Å². The number of hydrogen-bond acceptors (Lipinski definition) is 2. The van der Waals surface area contributed by atoms with Crippen LogP contribution in [-0.4, -0.2) is 22.5 Å². The number of benzene rings is 2. The molecule has 23 heavy (non-hydrogen) atoms. The Bertz CT molecular complexity index is 809. The van der Waals surface area contributed by atoms with Gasteiger partial charge in [-0.1, -0.05) is 48.5 Å². The highest BCUT2D eigenvalue weighted by Crippen LogP contribution is 2.22. The van der Waals surface area contributed by atoms with E-state index in [1.54, 1.807) is 0 Å². The van der Waals surface area contributed by atoms with Crippen molar-refractivity contribution in [2.75, 3.05) is 6.54 Å². The van der Waals surface area contributed by atoms with Gasteiger partial charge in [0.2, 0.25) is 0 Å². The summed E-state index contributed by atoms with van der Waals surface area (Å²) in [5.41, 5.74) is 3.35. The summed E-state index contributed by atoms with van der Waals surface area (Å²) < 4.78 is 0. The molecular formula is C19H20N2O2. The molecule has 0 aliphatic carbocycles. The lowest BCUT2D eigenvalue weighted by Gasteiger charge is -2.11. The summed E-state index contributed by atoms with van der Waals surface area (Å²) in [6.07, 6.45) is -0.0856. The van der Waals surface area contributed by atoms with Gasteiger partial charge in [-0.25, -0.2) is 0 Å². The maximum absolute atomic E-state index is 12.4. The minimum Gasteiger partial charge on any atom is -0.388 e. The van der Waals surface area contributed by atoms with E-state index in [1.165, 1.54) is 0 Å². The molecule has 1 aromatic heterocycles. The first kappa shape index (κ1) is 15.3. The minimum absolute atomic E-state index is 0.111. The second-order valence-electron chi connectivity index (χ2n) is 5.64. The number of hydrogen-bond donors (Lipinski definition) is 3. The van der Waals surface area contributed by atoms with Gasteiger partial charge in [-0.2, -0.15) is 0 Å². The number of nitrogens with one attached hydrogen (secondary N) is 2. The summed E-state index contributed by atoms with van der Waals surface area (Å²) in [5.74, 6) is -0.111. The average Bonchev–Trinajstić information content (AvgIpc) is 2.91. The van der Waals surface area contributed by atoms with E-state index in [0.29, 0.717) is 18.5 Å². The van der Waals surface area contributed by atoms with Gasteiger partial charge in [0.1, 0.15) is 0 Å². The van der Waals surface area contributed by atoms with Crippen LogP contribution in [0.3, 0.4) is 0 Å². The molecule has 0 bridgehead atoms. The van der Waals surface area contributed by atoms with Gasteiger partial charge in [0, 0.05) is 23.1 Å². The largest absolute Gasteiger partial charge is 0.388 e. The highest BCUT2D eigenvalue weighted by Gasteiger charge is 2.15. The second-order valence-corrected chi connectivity index (χ2v) is 5.64. The number of aliphatic hydroxyl groups is 1. The predicted octanol–water partition coefficient (Wildman–Crippen LogP) is 3.33. The number of aryl methyl sites for hydroxylation is 1. The van der Waals surface area contributed by atoms with Crippen LogP contribution in [-0.2, 0) is 0 Å². The van der Waals surface area contributed by atoms with Crippen molar-refractivity contribution < 1.29 is 9.90 Å². The number of amides is 1. The van der Waals surface area contributed by atoms with Crippen LogP contribution in [0.25, 0.3) is 10.9 Å². The zero-order valence-electron chi connectivity index (χ0n) is 13.0. The molecule has 1 amide bonds. The van der Waals surface area contributed by atoms with Crippen LogP contribution in [0.2, 0.25) is 0 Å². The number of rotatable bonds is 5. The molecule has 0 spiro atoms. The zero-order valence-corrected chi connectivity index (χ0v) is 13.0. The number of H-pyrrole nitrogens is 1. The molecule has 0 aliphatic rings. The van der Waals surface area contributed by atoms with E-state index >= 15 is 0 Å². The topological polar surface area (TPSA) is 65.1 Å². The van der Waals surface area contributed by atoms with E-state index in [1.807, 2.05) is 61.5 Å². The summed E-state index contributed by atoms with van der Waals surface area (Å²) in [5, 5.41) is 14.0. The molecule has 3 N–H and O–H groups in total. The summed E-state index contributed by atoms with van der Waals surface area (Å²) in [4.78, 5) is 15.7. The zero-order chi connectivity index (χ0) is 16.2. The highest BCUT2D eigenvalue weighted by molar-refractivity contribution is 6.08. The number of carbonyl (C=O) groups excluding carboxylic acids is 1. The van der Waals surface area contributed by atoms with Gasteiger partial charge in [0.15, 0.2) is 0 Å². The normalized spacial score (nSPS) is 12.3. The van der Waals surface area contributed by atoms with Crippen LogP contribution in [0.1, 0.15) is 34.1 Å². The standard InChI is InChI=1S/C19H20N2O2/c1-13-18(15-9-5-6-10-16(15)21-13)19(23)20-12-11-17(22)14-7-3-2-4-8-14/h2-10,17,21-22H,11-12H2,1H3,(H,20,23). The van der Waals surface area contributed by atoms with Crippen LogP contribution >= 0.6 is 0 Å². The molecule has 4 heteroatoms. The number of fused-ring (bicyclic) bond motifs is 1. The molecule has 3 aromatic rings. The fourth-order valence-corrected chi connectivity index (χ4v) is 2.82. The van der Waals surface area contributed by atoms with Crippen molar-refractivity contribution in [3.63, 3.8) is 0 Å². The molecule has 0 aliphatic heterocycles. The lowest BCUT2D eigenvalue weighted by Crippen LogP contribution is -2.26. The van der Waals surface area contributed by atoms with Gasteiger partial charge in [-0.15, -0.1) is 0 Å². The molecule has 2 aromatic carbocycles. The SMILES string of the molecule is Cc1[nH]c2ccccc2c1C(=O)NCCC(O)c1ccccc1. The first-order valence-corrected chi connectivity index (χ1v) is 7.75. The Kier molecular flexibility index (Phi) is 4.44. The van der Waals surface area contributed by atoms with Crippen molar-refractivity contribution in [2.45, 2.75) is 19.4 Å². The summed E-state index contributed by atoms with van der Waals surface area (Å²) in [6, 6.07) is 17.2. The molecule has 4 nitrogen and oxygen atoms in total. The van der Waals surface area contributed by atoms with Crippen molar-refractivity contribution >= 4 is 16.8 Å². The Hall–Kier alpha value is -2.59. The van der Waals surface area contributed by atoms with Crippen LogP contribution in [0.4, 0.5) is 0 Å². The highest BCUT2D eigenvalue weighted by atomic mass is 16.3. The Balaban J connectivity index is 1.64. The first-order chi connectivity index (χ1) is 11.2. The van der Waals surface area contributed by atoms with Crippen molar-refractivity contribution in [2.24, 2.45) is 0 Å². The van der Waals surface area contributed by atoms with Gasteiger partial charge in [-0.05, 0) is 25.0 Å². The second kappa shape index (κ2) is 6.67. The van der Waals surface area contributed by atoms with E-state index in [-0.39, 0.29) is 5.91 Å². The van der Waals surface area contributed by atoms with E-state index in [2.05, 4.69) is 10.3 Å². The molecule has 1 heterocycles. The minimum atomic E-state index is -0.569. The van der Waals surface area contributed by atoms with Crippen LogP contribution in [0.5, 0.6) is 0 Å². The molecule has 1 atom stereocenters. The van der Waals surface area contributed by atoms with E-state index in [4.69, 9.17) is 0 Å². The molecular weight excluding hydrogens is 288 g/mol. The summed E-state index contributed by atoms with van der Waals surface area (Å²) >= 11 is 0. The van der Waals surface area contributed by atoms with Gasteiger partial charge in [0.05, 0.1) is 11.7 Å². The quantitative estimate of drug-likeness (QED) is 0.677. The number of carbonyl (C=O) groups is 1. The lowest BCUT2D eigenvalue weighted by atomic mass is 10.1. The van der Waals surface area contributed by atoms with E-state index in [0.717, 1.165) is 22.2 Å². The van der Waals surface area contributed by atoms with Gasteiger partial charge in [-0.3, -0.25) is 4.79 Å². The molecule has 0 saturated heterocycles. The Morgan fingerprint density at radius 2 is 1.83 bits per heavy atom. The molecule has 1 unspecified atom stereocenters. The molecule has 118 valence electrons. The third-order valence-electron chi connectivity index (χ3n) is 4.01. The van der Waals surface area contributed by atoms with E-state index < -0.39 is 6.10 Å². The number of aliphatic hydroxyl groups excluding tert-OH is 1. The molecule has 3 rings (SSSR count). The Morgan fingerprint density at radius 3 is 2.61 bits per heavy atom. The van der Waals surface area contributed by atoms with Crippen molar-refractivity contribution in [1.29, 1.82) is 0 Å². The van der Waals surface area contributed by atoms with Crippen LogP contribution in [0.15, 0.2) is 54.6 Å². The van der Waals surface area contributed by atoms with Crippen molar-refractivity contribution in [3.8, 4) is 0 Å². The molecule has 0 fully saturated rings. The van der Waals surface area contributed by atoms with Crippen molar-refractivity contribution in [1.82, 2.24) is 10.3 Å². The molecule has 0 radical (unpaired) electrons. The molecule has 0 saturated carbocycles. The number of aromatic nitrogens is 1. The first-order valence-electron chi connectivity index (χ1n) is 7.75. The third-order valence-corrected chi connectivity index (χ3v) is 4.01. The fourth-order valence-electron chi connectivity index (χ4n) is 2.82. The summed E-state index contributed by atoms with van der Waals surface area (Å²) in [7, 11) is 0. The number of para-hydroxylation sites is 1. The third kappa shape index (κ3) is 3.27.